The fraction of sp³-hybridized carbons (Fsp3) is 0. The van der Waals surface area contributed by atoms with Crippen molar-refractivity contribution in [3.8, 4) is 11.1 Å². The number of carbonyl (C=O) groups excluding carboxylic acids is 1. The summed E-state index contributed by atoms with van der Waals surface area (Å²) >= 11 is 5.84. The van der Waals surface area contributed by atoms with Crippen LogP contribution < -0.4 is 0 Å². The number of fused-ring (bicyclic) bond motifs is 3. The largest absolute Gasteiger partial charge is 0.289 e. The van der Waals surface area contributed by atoms with E-state index < -0.39 is 15.6 Å². The number of nitro benzene ring substituents is 2. The molecule has 3 rings (SSSR count). The molecule has 2 aromatic carbocycles. The molecule has 0 saturated carbocycles. The second kappa shape index (κ2) is 4.35. The lowest BCUT2D eigenvalue weighted by atomic mass is 10.1. The van der Waals surface area contributed by atoms with Crippen LogP contribution >= 0.6 is 11.6 Å². The van der Waals surface area contributed by atoms with E-state index in [1.54, 1.807) is 0 Å². The van der Waals surface area contributed by atoms with Crippen molar-refractivity contribution in [3.63, 3.8) is 0 Å². The topological polar surface area (TPSA) is 103 Å². The molecule has 0 bridgehead atoms. The minimum Gasteiger partial charge on any atom is -0.289 e. The Morgan fingerprint density at radius 2 is 1.52 bits per heavy atom. The summed E-state index contributed by atoms with van der Waals surface area (Å²) in [7, 11) is 0. The van der Waals surface area contributed by atoms with E-state index in [1.807, 2.05) is 0 Å². The zero-order valence-corrected chi connectivity index (χ0v) is 11.0. The van der Waals surface area contributed by atoms with Gasteiger partial charge in [0, 0.05) is 29.3 Å². The van der Waals surface area contributed by atoms with E-state index in [2.05, 4.69) is 0 Å². The van der Waals surface area contributed by atoms with Gasteiger partial charge in [-0.1, -0.05) is 11.6 Å². The molecule has 0 spiro atoms. The highest BCUT2D eigenvalue weighted by atomic mass is 35.5. The van der Waals surface area contributed by atoms with Gasteiger partial charge in [-0.3, -0.25) is 25.0 Å². The number of hydrogen-bond donors (Lipinski definition) is 0. The van der Waals surface area contributed by atoms with Gasteiger partial charge in [-0.05, 0) is 23.3 Å². The van der Waals surface area contributed by atoms with Crippen LogP contribution in [0.2, 0.25) is 5.02 Å². The van der Waals surface area contributed by atoms with Crippen LogP contribution in [-0.4, -0.2) is 15.6 Å². The molecule has 0 aromatic heterocycles. The predicted octanol–water partition coefficient (Wildman–Crippen LogP) is 3.37. The van der Waals surface area contributed by atoms with Gasteiger partial charge >= 0.3 is 0 Å². The van der Waals surface area contributed by atoms with Gasteiger partial charge in [-0.25, -0.2) is 0 Å². The third-order valence-electron chi connectivity index (χ3n) is 3.28. The lowest BCUT2D eigenvalue weighted by Gasteiger charge is -2.01. The highest BCUT2D eigenvalue weighted by Gasteiger charge is 2.31. The summed E-state index contributed by atoms with van der Waals surface area (Å²) in [6, 6.07) is 6.32. The van der Waals surface area contributed by atoms with Crippen molar-refractivity contribution in [3.05, 3.63) is 66.7 Å². The second-order valence-electron chi connectivity index (χ2n) is 4.42. The molecule has 0 amide bonds. The Hall–Kier alpha value is -2.80. The van der Waals surface area contributed by atoms with E-state index in [0.29, 0.717) is 11.1 Å². The third kappa shape index (κ3) is 1.86. The van der Waals surface area contributed by atoms with Gasteiger partial charge in [0.1, 0.15) is 5.02 Å². The quantitative estimate of drug-likeness (QED) is 0.533. The van der Waals surface area contributed by atoms with Gasteiger partial charge in [-0.15, -0.1) is 0 Å². The van der Waals surface area contributed by atoms with E-state index in [9.17, 15) is 25.0 Å². The first-order valence-electron chi connectivity index (χ1n) is 5.71. The molecular formula is C13H5ClN2O5. The number of ketones is 1. The van der Waals surface area contributed by atoms with Crippen molar-refractivity contribution in [2.75, 3.05) is 0 Å². The third-order valence-corrected chi connectivity index (χ3v) is 3.58. The molecule has 0 N–H and O–H groups in total. The summed E-state index contributed by atoms with van der Waals surface area (Å²) in [4.78, 5) is 32.6. The second-order valence-corrected chi connectivity index (χ2v) is 4.83. The minimum absolute atomic E-state index is 0.0854. The molecule has 0 radical (unpaired) electrons. The molecule has 0 unspecified atom stereocenters. The van der Waals surface area contributed by atoms with E-state index in [1.165, 1.54) is 18.2 Å². The Morgan fingerprint density at radius 1 is 0.857 bits per heavy atom. The molecule has 0 fully saturated rings. The van der Waals surface area contributed by atoms with Crippen molar-refractivity contribution < 1.29 is 14.6 Å². The Balaban J connectivity index is 2.25. The van der Waals surface area contributed by atoms with Crippen molar-refractivity contribution in [1.82, 2.24) is 0 Å². The first kappa shape index (κ1) is 13.2. The standard InChI is InChI=1S/C13H5ClN2O5/c14-11-4-8-7-2-1-6(15(18)19)3-9(7)13(17)10(8)5-12(11)16(20)21/h1-5H. The van der Waals surface area contributed by atoms with Crippen LogP contribution in [0.1, 0.15) is 15.9 Å². The number of benzene rings is 2. The van der Waals surface area contributed by atoms with Gasteiger partial charge in [0.25, 0.3) is 11.4 Å². The van der Waals surface area contributed by atoms with Crippen LogP contribution in [0.25, 0.3) is 11.1 Å². The van der Waals surface area contributed by atoms with Crippen LogP contribution in [0, 0.1) is 20.2 Å². The maximum Gasteiger partial charge on any atom is 0.288 e. The van der Waals surface area contributed by atoms with Crippen LogP contribution in [-0.2, 0) is 0 Å². The Kier molecular flexibility index (Phi) is 2.74. The first-order chi connectivity index (χ1) is 9.90. The predicted molar refractivity (Wildman–Crippen MR) is 73.6 cm³/mol. The van der Waals surface area contributed by atoms with E-state index in [0.717, 1.165) is 12.1 Å². The molecule has 8 heteroatoms. The first-order valence-corrected chi connectivity index (χ1v) is 6.09. The van der Waals surface area contributed by atoms with Gasteiger partial charge in [0.2, 0.25) is 0 Å². The molecular weight excluding hydrogens is 300 g/mol. The molecule has 0 heterocycles. The number of nitro groups is 2. The van der Waals surface area contributed by atoms with Gasteiger partial charge < -0.3 is 0 Å². The summed E-state index contributed by atoms with van der Waals surface area (Å²) in [5.74, 6) is -0.483. The van der Waals surface area contributed by atoms with Crippen LogP contribution in [0.3, 0.4) is 0 Å². The summed E-state index contributed by atoms with van der Waals surface area (Å²) in [5, 5.41) is 21.5. The number of rotatable bonds is 2. The zero-order valence-electron chi connectivity index (χ0n) is 10.2. The number of nitrogens with zero attached hydrogens (tertiary/aromatic N) is 2. The average Bonchev–Trinajstić information content (AvgIpc) is 2.70. The van der Waals surface area contributed by atoms with Crippen LogP contribution in [0.4, 0.5) is 11.4 Å². The van der Waals surface area contributed by atoms with Crippen molar-refractivity contribution in [2.45, 2.75) is 0 Å². The van der Waals surface area contributed by atoms with E-state index >= 15 is 0 Å². The van der Waals surface area contributed by atoms with Gasteiger partial charge in [0.05, 0.1) is 9.85 Å². The normalized spacial score (nSPS) is 12.0. The molecule has 1 aliphatic rings. The Bertz CT molecular complexity index is 847. The average molecular weight is 305 g/mol. The summed E-state index contributed by atoms with van der Waals surface area (Å²) in [5.41, 5.74) is 0.622. The number of halogens is 1. The van der Waals surface area contributed by atoms with Crippen molar-refractivity contribution in [1.29, 1.82) is 0 Å². The lowest BCUT2D eigenvalue weighted by Crippen LogP contribution is -1.98. The number of carbonyl (C=O) groups is 1. The minimum atomic E-state index is -0.679. The van der Waals surface area contributed by atoms with E-state index in [-0.39, 0.29) is 27.5 Å². The molecule has 21 heavy (non-hydrogen) atoms. The van der Waals surface area contributed by atoms with Crippen molar-refractivity contribution >= 4 is 28.8 Å². The maximum absolute atomic E-state index is 12.3. The molecule has 0 aliphatic heterocycles. The molecule has 0 saturated heterocycles. The number of hydrogen-bond acceptors (Lipinski definition) is 5. The molecule has 2 aromatic rings. The van der Waals surface area contributed by atoms with Crippen molar-refractivity contribution in [2.24, 2.45) is 0 Å². The Morgan fingerprint density at radius 3 is 2.14 bits per heavy atom. The monoisotopic (exact) mass is 304 g/mol. The van der Waals surface area contributed by atoms with Gasteiger partial charge in [0.15, 0.2) is 5.78 Å². The molecule has 7 nitrogen and oxygen atoms in total. The highest BCUT2D eigenvalue weighted by Crippen LogP contribution is 2.42. The molecule has 0 atom stereocenters. The van der Waals surface area contributed by atoms with Crippen LogP contribution in [0.15, 0.2) is 30.3 Å². The molecule has 1 aliphatic carbocycles. The fourth-order valence-electron chi connectivity index (χ4n) is 2.33. The fourth-order valence-corrected chi connectivity index (χ4v) is 2.56. The smallest absolute Gasteiger partial charge is 0.288 e. The maximum atomic E-state index is 12.3. The lowest BCUT2D eigenvalue weighted by molar-refractivity contribution is -0.385. The summed E-state index contributed by atoms with van der Waals surface area (Å²) < 4.78 is 0. The zero-order chi connectivity index (χ0) is 15.3. The SMILES string of the molecule is O=C1c2cc([N+](=O)[O-])ccc2-c2cc(Cl)c([N+](=O)[O-])cc21. The van der Waals surface area contributed by atoms with Crippen LogP contribution in [0.5, 0.6) is 0 Å². The number of non-ortho nitro benzene ring substituents is 1. The summed E-state index contributed by atoms with van der Waals surface area (Å²) in [6.45, 7) is 0. The highest BCUT2D eigenvalue weighted by molar-refractivity contribution is 6.34. The Labute approximate surface area is 122 Å². The molecule has 104 valence electrons. The summed E-state index contributed by atoms with van der Waals surface area (Å²) in [6.07, 6.45) is 0. The van der Waals surface area contributed by atoms with E-state index in [4.69, 9.17) is 11.6 Å². The van der Waals surface area contributed by atoms with Gasteiger partial charge in [-0.2, -0.15) is 0 Å².